The molecule has 3 rings (SSSR count). The van der Waals surface area contributed by atoms with E-state index >= 15 is 0 Å². The average molecular weight is 446 g/mol. The first-order valence-corrected chi connectivity index (χ1v) is 9.83. The summed E-state index contributed by atoms with van der Waals surface area (Å²) in [5, 5.41) is 2.61. The Morgan fingerprint density at radius 1 is 1.28 bits per heavy atom. The second kappa shape index (κ2) is 8.58. The van der Waals surface area contributed by atoms with Gasteiger partial charge in [-0.05, 0) is 37.5 Å². The van der Waals surface area contributed by atoms with Gasteiger partial charge in [-0.25, -0.2) is 14.8 Å². The molecule has 0 fully saturated rings. The largest absolute Gasteiger partial charge is 0.465 e. The second-order valence-corrected chi connectivity index (χ2v) is 7.50. The lowest BCUT2D eigenvalue weighted by molar-refractivity contribution is -0.142. The predicted molar refractivity (Wildman–Crippen MR) is 101 cm³/mol. The van der Waals surface area contributed by atoms with E-state index in [-0.39, 0.29) is 32.7 Å². The fraction of sp³-hybridized carbons (Fsp3) is 0.333. The van der Waals surface area contributed by atoms with Gasteiger partial charge in [0.2, 0.25) is 5.91 Å². The zero-order valence-electron chi connectivity index (χ0n) is 15.1. The smallest absolute Gasteiger partial charge is 0.433 e. The number of amides is 1. The van der Waals surface area contributed by atoms with E-state index in [1.807, 2.05) is 0 Å². The van der Waals surface area contributed by atoms with Crippen LogP contribution in [0.2, 0.25) is 5.02 Å². The lowest BCUT2D eigenvalue weighted by Crippen LogP contribution is -2.17. The number of fused-ring (bicyclic) bond motifs is 1. The quantitative estimate of drug-likeness (QED) is 0.423. The monoisotopic (exact) mass is 445 g/mol. The molecule has 0 aliphatic heterocycles. The Labute approximate surface area is 173 Å². The van der Waals surface area contributed by atoms with Crippen LogP contribution >= 0.6 is 23.4 Å². The molecule has 0 atom stereocenters. The van der Waals surface area contributed by atoms with Crippen molar-refractivity contribution in [1.82, 2.24) is 9.97 Å². The molecular formula is C18H15ClF3N3O3S. The van der Waals surface area contributed by atoms with Crippen LogP contribution in [0.5, 0.6) is 0 Å². The fourth-order valence-electron chi connectivity index (χ4n) is 2.89. The zero-order valence-corrected chi connectivity index (χ0v) is 16.7. The van der Waals surface area contributed by atoms with Gasteiger partial charge >= 0.3 is 12.1 Å². The minimum Gasteiger partial charge on any atom is -0.465 e. The minimum absolute atomic E-state index is 0.109. The summed E-state index contributed by atoms with van der Waals surface area (Å²) in [5.41, 5.74) is -0.0406. The van der Waals surface area contributed by atoms with E-state index in [2.05, 4.69) is 20.0 Å². The molecule has 154 valence electrons. The molecule has 11 heteroatoms. The van der Waals surface area contributed by atoms with E-state index in [9.17, 15) is 22.8 Å². The summed E-state index contributed by atoms with van der Waals surface area (Å²) in [5.74, 6) is -1.36. The number of aryl methyl sites for hydroxylation is 1. The summed E-state index contributed by atoms with van der Waals surface area (Å²) in [7, 11) is 1.22. The van der Waals surface area contributed by atoms with Crippen LogP contribution in [0.1, 0.15) is 33.7 Å². The molecule has 6 nitrogen and oxygen atoms in total. The third-order valence-electron chi connectivity index (χ3n) is 4.18. The summed E-state index contributed by atoms with van der Waals surface area (Å²) in [4.78, 5) is 31.6. The number of nitrogens with zero attached hydrogens (tertiary/aromatic N) is 2. The molecule has 1 amide bonds. The Hall–Kier alpha value is -2.33. The first-order chi connectivity index (χ1) is 13.7. The van der Waals surface area contributed by atoms with Crippen molar-refractivity contribution in [3.05, 3.63) is 45.7 Å². The highest BCUT2D eigenvalue weighted by molar-refractivity contribution is 7.99. The molecule has 0 unspecified atom stereocenters. The van der Waals surface area contributed by atoms with Gasteiger partial charge in [0.25, 0.3) is 0 Å². The Morgan fingerprint density at radius 2 is 2.03 bits per heavy atom. The van der Waals surface area contributed by atoms with Gasteiger partial charge in [-0.1, -0.05) is 23.4 Å². The lowest BCUT2D eigenvalue weighted by Gasteiger charge is -2.12. The topological polar surface area (TPSA) is 81.2 Å². The summed E-state index contributed by atoms with van der Waals surface area (Å²) >= 11 is 6.81. The maximum Gasteiger partial charge on any atom is 0.433 e. The van der Waals surface area contributed by atoms with Crippen LogP contribution in [-0.2, 0) is 28.5 Å². The van der Waals surface area contributed by atoms with Crippen molar-refractivity contribution in [2.75, 3.05) is 18.2 Å². The Kier molecular flexibility index (Phi) is 6.33. The van der Waals surface area contributed by atoms with E-state index in [0.29, 0.717) is 25.0 Å². The number of carbonyl (C=O) groups is 2. The van der Waals surface area contributed by atoms with E-state index in [1.54, 1.807) is 0 Å². The summed E-state index contributed by atoms with van der Waals surface area (Å²) in [6, 6.07) is 4.22. The number of esters is 1. The van der Waals surface area contributed by atoms with Crippen LogP contribution < -0.4 is 5.32 Å². The van der Waals surface area contributed by atoms with Gasteiger partial charge in [-0.15, -0.1) is 0 Å². The summed E-state index contributed by atoms with van der Waals surface area (Å²) in [6.07, 6.45) is -3.23. The van der Waals surface area contributed by atoms with Crippen LogP contribution in [0.25, 0.3) is 0 Å². The van der Waals surface area contributed by atoms with Gasteiger partial charge < -0.3 is 10.1 Å². The average Bonchev–Trinajstić information content (AvgIpc) is 3.14. The number of benzene rings is 1. The van der Waals surface area contributed by atoms with Crippen LogP contribution in [-0.4, -0.2) is 34.7 Å². The van der Waals surface area contributed by atoms with Crippen molar-refractivity contribution in [2.45, 2.75) is 30.6 Å². The Bertz CT molecular complexity index is 969. The van der Waals surface area contributed by atoms with Gasteiger partial charge in [-0.3, -0.25) is 4.79 Å². The summed E-state index contributed by atoms with van der Waals surface area (Å²) in [6.45, 7) is 0. The molecule has 29 heavy (non-hydrogen) atoms. The number of thioether (sulfide) groups is 1. The standard InChI is InChI=1S/C18H15ClF3N3O3S/c1-28-16(27)9-5-6-11(19)13(7-9)23-14(26)8-29-17-24-12-4-2-3-10(12)15(25-17)18(20,21)22/h5-7H,2-4,8H2,1H3,(H,23,26). The van der Waals surface area contributed by atoms with Gasteiger partial charge in [-0.2, -0.15) is 13.2 Å². The van der Waals surface area contributed by atoms with E-state index in [0.717, 1.165) is 11.8 Å². The van der Waals surface area contributed by atoms with Crippen LogP contribution in [0, 0.1) is 0 Å². The molecular weight excluding hydrogens is 431 g/mol. The molecule has 1 heterocycles. The van der Waals surface area contributed by atoms with Gasteiger partial charge in [0.05, 0.1) is 29.1 Å². The molecule has 1 N–H and O–H groups in total. The minimum atomic E-state index is -4.57. The molecule has 2 aromatic rings. The predicted octanol–water partition coefficient (Wildman–Crippen LogP) is 4.15. The first kappa shape index (κ1) is 21.4. The second-order valence-electron chi connectivity index (χ2n) is 6.15. The van der Waals surface area contributed by atoms with Crippen LogP contribution in [0.4, 0.5) is 18.9 Å². The van der Waals surface area contributed by atoms with Crippen molar-refractivity contribution in [1.29, 1.82) is 0 Å². The number of carbonyl (C=O) groups excluding carboxylic acids is 2. The van der Waals surface area contributed by atoms with Crippen LogP contribution in [0.3, 0.4) is 0 Å². The highest BCUT2D eigenvalue weighted by atomic mass is 35.5. The number of aromatic nitrogens is 2. The van der Waals surface area contributed by atoms with Gasteiger partial charge in [0.15, 0.2) is 10.9 Å². The van der Waals surface area contributed by atoms with Crippen LogP contribution in [0.15, 0.2) is 23.4 Å². The molecule has 1 aromatic heterocycles. The molecule has 1 aliphatic carbocycles. The number of alkyl halides is 3. The molecule has 1 aliphatic rings. The number of anilines is 1. The summed E-state index contributed by atoms with van der Waals surface area (Å²) < 4.78 is 44.4. The molecule has 0 saturated heterocycles. The maximum absolute atomic E-state index is 13.3. The van der Waals surface area contributed by atoms with E-state index in [1.165, 1.54) is 25.3 Å². The van der Waals surface area contributed by atoms with Crippen molar-refractivity contribution >= 4 is 40.9 Å². The Morgan fingerprint density at radius 3 is 2.72 bits per heavy atom. The number of methoxy groups -OCH3 is 1. The van der Waals surface area contributed by atoms with Crippen molar-refractivity contribution < 1.29 is 27.5 Å². The number of ether oxygens (including phenoxy) is 1. The molecule has 0 bridgehead atoms. The molecule has 1 aromatic carbocycles. The Balaban J connectivity index is 1.71. The number of nitrogens with one attached hydrogen (secondary N) is 1. The van der Waals surface area contributed by atoms with Crippen molar-refractivity contribution in [3.63, 3.8) is 0 Å². The highest BCUT2D eigenvalue weighted by Gasteiger charge is 2.38. The molecule has 0 radical (unpaired) electrons. The van der Waals surface area contributed by atoms with Crippen molar-refractivity contribution in [3.8, 4) is 0 Å². The van der Waals surface area contributed by atoms with Gasteiger partial charge in [0.1, 0.15) is 0 Å². The number of rotatable bonds is 5. The molecule has 0 spiro atoms. The SMILES string of the molecule is COC(=O)c1ccc(Cl)c(NC(=O)CSc2nc3c(c(C(F)(F)F)n2)CCC3)c1. The highest BCUT2D eigenvalue weighted by Crippen LogP contribution is 2.36. The van der Waals surface area contributed by atoms with E-state index < -0.39 is 23.7 Å². The number of hydrogen-bond acceptors (Lipinski definition) is 6. The normalized spacial score (nSPS) is 13.1. The fourth-order valence-corrected chi connectivity index (χ4v) is 3.72. The number of halogens is 4. The maximum atomic E-state index is 13.3. The first-order valence-electron chi connectivity index (χ1n) is 8.46. The lowest BCUT2D eigenvalue weighted by atomic mass is 10.2. The van der Waals surface area contributed by atoms with E-state index in [4.69, 9.17) is 11.6 Å². The van der Waals surface area contributed by atoms with Gasteiger partial charge in [0, 0.05) is 11.3 Å². The van der Waals surface area contributed by atoms with Crippen molar-refractivity contribution in [2.24, 2.45) is 0 Å². The molecule has 0 saturated carbocycles. The number of hydrogen-bond donors (Lipinski definition) is 1. The third-order valence-corrected chi connectivity index (χ3v) is 5.35. The third kappa shape index (κ3) is 4.99. The zero-order chi connectivity index (χ0) is 21.2.